The number of aryl methyl sites for hydroxylation is 3. The van der Waals surface area contributed by atoms with Crippen molar-refractivity contribution in [2.45, 2.75) is 25.7 Å². The zero-order valence-corrected chi connectivity index (χ0v) is 16.0. The molecule has 3 aromatic rings. The summed E-state index contributed by atoms with van der Waals surface area (Å²) < 4.78 is 2.06. The van der Waals surface area contributed by atoms with E-state index in [2.05, 4.69) is 38.7 Å². The van der Waals surface area contributed by atoms with Gasteiger partial charge in [0, 0.05) is 30.9 Å². The molecule has 2 aromatic carbocycles. The molecule has 142 valence electrons. The van der Waals surface area contributed by atoms with E-state index in [9.17, 15) is 9.90 Å². The van der Waals surface area contributed by atoms with Crippen molar-refractivity contribution in [3.63, 3.8) is 0 Å². The number of rotatable bonds is 3. The van der Waals surface area contributed by atoms with E-state index in [0.717, 1.165) is 16.9 Å². The molecule has 0 unspecified atom stereocenters. The highest BCUT2D eigenvalue weighted by molar-refractivity contribution is 5.91. The molecule has 0 atom stereocenters. The third-order valence-corrected chi connectivity index (χ3v) is 6.02. The predicted molar refractivity (Wildman–Crippen MR) is 111 cm³/mol. The Morgan fingerprint density at radius 2 is 1.82 bits per heavy atom. The topological polar surface area (TPSA) is 60.2 Å². The third kappa shape index (κ3) is 2.78. The van der Waals surface area contributed by atoms with Gasteiger partial charge < -0.3 is 10.0 Å². The predicted octanol–water partition coefficient (Wildman–Crippen LogP) is 3.56. The summed E-state index contributed by atoms with van der Waals surface area (Å²) in [5.41, 5.74) is 7.81. The Bertz CT molecular complexity index is 1100. The lowest BCUT2D eigenvalue weighted by atomic mass is 9.90. The van der Waals surface area contributed by atoms with Crippen molar-refractivity contribution in [1.82, 2.24) is 4.98 Å². The number of nitrogens with one attached hydrogen (secondary N) is 1. The number of carboxylic acids is 1. The maximum atomic E-state index is 11.2. The number of carbonyl (C=O) groups is 1. The van der Waals surface area contributed by atoms with Crippen LogP contribution in [0.4, 0.5) is 5.69 Å². The van der Waals surface area contributed by atoms with E-state index < -0.39 is 5.97 Å². The second-order valence-corrected chi connectivity index (χ2v) is 7.82. The first kappa shape index (κ1) is 17.0. The van der Waals surface area contributed by atoms with Gasteiger partial charge in [-0.1, -0.05) is 0 Å². The summed E-state index contributed by atoms with van der Waals surface area (Å²) in [6.07, 6.45) is 9.05. The van der Waals surface area contributed by atoms with Gasteiger partial charge in [0.15, 0.2) is 11.0 Å². The van der Waals surface area contributed by atoms with Gasteiger partial charge in [-0.15, -0.1) is 0 Å². The van der Waals surface area contributed by atoms with Gasteiger partial charge in [-0.05, 0) is 72.7 Å². The van der Waals surface area contributed by atoms with E-state index in [1.807, 2.05) is 13.1 Å². The van der Waals surface area contributed by atoms with Gasteiger partial charge in [0.2, 0.25) is 0 Å². The SMILES string of the molecule is C[n+]1c(C=Cc2cc3c4c(c2)CCCN4CCC3)[nH]c2cc(C(=O)O)ccc21. The molecule has 2 N–H and O–H groups in total. The summed E-state index contributed by atoms with van der Waals surface area (Å²) in [6, 6.07) is 9.85. The number of aromatic nitrogens is 2. The number of aromatic amines is 1. The second kappa shape index (κ2) is 6.51. The molecule has 5 rings (SSSR count). The first-order valence-corrected chi connectivity index (χ1v) is 9.94. The first-order valence-electron chi connectivity index (χ1n) is 9.94. The molecule has 5 nitrogen and oxygen atoms in total. The largest absolute Gasteiger partial charge is 0.478 e. The summed E-state index contributed by atoms with van der Waals surface area (Å²) in [5.74, 6) is 0.0406. The fourth-order valence-electron chi connectivity index (χ4n) is 4.67. The number of H-pyrrole nitrogens is 1. The first-order chi connectivity index (χ1) is 13.6. The van der Waals surface area contributed by atoms with Gasteiger partial charge in [-0.3, -0.25) is 0 Å². The Morgan fingerprint density at radius 1 is 1.11 bits per heavy atom. The minimum absolute atomic E-state index is 0.295. The van der Waals surface area contributed by atoms with Crippen LogP contribution in [-0.2, 0) is 19.9 Å². The third-order valence-electron chi connectivity index (χ3n) is 6.02. The Kier molecular flexibility index (Phi) is 3.97. The average molecular weight is 374 g/mol. The molecule has 28 heavy (non-hydrogen) atoms. The van der Waals surface area contributed by atoms with Gasteiger partial charge in [0.05, 0.1) is 12.6 Å². The molecule has 0 bridgehead atoms. The van der Waals surface area contributed by atoms with Crippen LogP contribution in [0.1, 0.15) is 45.7 Å². The average Bonchev–Trinajstić information content (AvgIpc) is 3.02. The van der Waals surface area contributed by atoms with Crippen molar-refractivity contribution >= 4 is 34.8 Å². The van der Waals surface area contributed by atoms with Crippen molar-refractivity contribution in [2.24, 2.45) is 7.05 Å². The van der Waals surface area contributed by atoms with Crippen molar-refractivity contribution in [3.05, 3.63) is 58.4 Å². The number of nitrogens with zero attached hydrogens (tertiary/aromatic N) is 2. The van der Waals surface area contributed by atoms with Crippen LogP contribution in [0.2, 0.25) is 0 Å². The Labute approximate surface area is 163 Å². The summed E-state index contributed by atoms with van der Waals surface area (Å²) >= 11 is 0. The maximum absolute atomic E-state index is 11.2. The van der Waals surface area contributed by atoms with Crippen LogP contribution in [0.5, 0.6) is 0 Å². The smallest absolute Gasteiger partial charge is 0.335 e. The summed E-state index contributed by atoms with van der Waals surface area (Å²) in [5, 5.41) is 9.20. The van der Waals surface area contributed by atoms with Crippen LogP contribution >= 0.6 is 0 Å². The van der Waals surface area contributed by atoms with Crippen molar-refractivity contribution < 1.29 is 14.5 Å². The molecule has 0 fully saturated rings. The Balaban J connectivity index is 1.51. The lowest BCUT2D eigenvalue weighted by molar-refractivity contribution is -0.646. The summed E-state index contributed by atoms with van der Waals surface area (Å²) in [4.78, 5) is 17.1. The molecular formula is C23H24N3O2+. The van der Waals surface area contributed by atoms with Crippen LogP contribution < -0.4 is 9.47 Å². The molecule has 0 saturated heterocycles. The van der Waals surface area contributed by atoms with Crippen LogP contribution in [0.15, 0.2) is 30.3 Å². The number of aromatic carboxylic acids is 1. The number of hydrogen-bond acceptors (Lipinski definition) is 2. The van der Waals surface area contributed by atoms with Crippen molar-refractivity contribution in [2.75, 3.05) is 18.0 Å². The van der Waals surface area contributed by atoms with E-state index in [1.54, 1.807) is 12.1 Å². The molecule has 0 spiro atoms. The van der Waals surface area contributed by atoms with Crippen LogP contribution in [-0.4, -0.2) is 29.1 Å². The van der Waals surface area contributed by atoms with Crippen molar-refractivity contribution in [1.29, 1.82) is 0 Å². The van der Waals surface area contributed by atoms with E-state index >= 15 is 0 Å². The molecule has 0 saturated carbocycles. The van der Waals surface area contributed by atoms with Gasteiger partial charge in [0.25, 0.3) is 5.82 Å². The van der Waals surface area contributed by atoms with Gasteiger partial charge in [0.1, 0.15) is 0 Å². The molecular weight excluding hydrogens is 350 g/mol. The zero-order chi connectivity index (χ0) is 19.3. The second-order valence-electron chi connectivity index (χ2n) is 7.82. The summed E-state index contributed by atoms with van der Waals surface area (Å²) in [6.45, 7) is 2.39. The van der Waals surface area contributed by atoms with Crippen LogP contribution in [0.25, 0.3) is 23.2 Å². The monoisotopic (exact) mass is 374 g/mol. The molecule has 3 heterocycles. The van der Waals surface area contributed by atoms with E-state index in [1.165, 1.54) is 61.2 Å². The van der Waals surface area contributed by atoms with Gasteiger partial charge in [-0.25, -0.2) is 14.3 Å². The molecule has 1 aromatic heterocycles. The van der Waals surface area contributed by atoms with E-state index in [4.69, 9.17) is 0 Å². The highest BCUT2D eigenvalue weighted by atomic mass is 16.4. The van der Waals surface area contributed by atoms with Crippen LogP contribution in [0.3, 0.4) is 0 Å². The Hall–Kier alpha value is -3.08. The zero-order valence-electron chi connectivity index (χ0n) is 16.0. The molecule has 2 aliphatic rings. The number of benzene rings is 2. The number of anilines is 1. The van der Waals surface area contributed by atoms with Crippen molar-refractivity contribution in [3.8, 4) is 0 Å². The Morgan fingerprint density at radius 3 is 2.50 bits per heavy atom. The normalized spacial score (nSPS) is 16.0. The standard InChI is InChI=1S/C23H23N3O2/c1-25-20-8-7-18(23(27)28)14-19(20)24-21(25)9-6-15-12-16-4-2-10-26-11-3-5-17(13-15)22(16)26/h6-9,12-14H,2-5,10-11H2,1H3,(H,27,28)/p+1. The fourth-order valence-corrected chi connectivity index (χ4v) is 4.67. The lowest BCUT2D eigenvalue weighted by Crippen LogP contribution is -2.34. The molecule has 2 aliphatic heterocycles. The minimum Gasteiger partial charge on any atom is -0.478 e. The summed E-state index contributed by atoms with van der Waals surface area (Å²) in [7, 11) is 1.99. The molecule has 0 aliphatic carbocycles. The van der Waals surface area contributed by atoms with Gasteiger partial charge >= 0.3 is 5.97 Å². The van der Waals surface area contributed by atoms with Gasteiger partial charge in [-0.2, -0.15) is 0 Å². The highest BCUT2D eigenvalue weighted by Crippen LogP contribution is 2.36. The van der Waals surface area contributed by atoms with E-state index in [-0.39, 0.29) is 0 Å². The lowest BCUT2D eigenvalue weighted by Gasteiger charge is -2.37. The number of fused-ring (bicyclic) bond motifs is 1. The van der Waals surface area contributed by atoms with Crippen LogP contribution in [0, 0.1) is 0 Å². The number of hydrogen-bond donors (Lipinski definition) is 2. The molecule has 0 radical (unpaired) electrons. The minimum atomic E-state index is -0.909. The highest BCUT2D eigenvalue weighted by Gasteiger charge is 2.24. The number of carboxylic acid groups (broad SMARTS) is 1. The van der Waals surface area contributed by atoms with E-state index in [0.29, 0.717) is 5.56 Å². The maximum Gasteiger partial charge on any atom is 0.335 e. The quantitative estimate of drug-likeness (QED) is 0.689. The number of imidazole rings is 1. The molecule has 0 amide bonds. The molecule has 5 heteroatoms. The fraction of sp³-hybridized carbons (Fsp3) is 0.304.